The number of imide groups is 1. The number of fused-ring (bicyclic) bond motifs is 2. The molecule has 3 atom stereocenters. The Hall–Kier alpha value is -3.52. The number of hydrogen-bond acceptors (Lipinski definition) is 6. The molecule has 1 aliphatic heterocycles. The molecule has 2 aliphatic rings. The van der Waals surface area contributed by atoms with Crippen molar-refractivity contribution in [2.24, 2.45) is 11.8 Å². The number of para-hydroxylation sites is 1. The molecule has 32 heavy (non-hydrogen) atoms. The van der Waals surface area contributed by atoms with Gasteiger partial charge in [-0.1, -0.05) is 41.7 Å². The summed E-state index contributed by atoms with van der Waals surface area (Å²) in [6, 6.07) is 14.1. The minimum atomic E-state index is -0.899. The number of hydrogen-bond donors (Lipinski definition) is 1. The predicted molar refractivity (Wildman–Crippen MR) is 121 cm³/mol. The van der Waals surface area contributed by atoms with Crippen LogP contribution in [0.15, 0.2) is 60.7 Å². The van der Waals surface area contributed by atoms with E-state index in [0.717, 1.165) is 20.9 Å². The van der Waals surface area contributed by atoms with Gasteiger partial charge >= 0.3 is 0 Å². The Bertz CT molecular complexity index is 1210. The highest BCUT2D eigenvalue weighted by Crippen LogP contribution is 2.36. The van der Waals surface area contributed by atoms with Gasteiger partial charge in [0.2, 0.25) is 17.7 Å². The van der Waals surface area contributed by atoms with E-state index in [0.29, 0.717) is 23.7 Å². The number of nitrogens with one attached hydrogen (secondary N) is 1. The molecule has 1 fully saturated rings. The number of likely N-dealkylation sites (tertiary alicyclic amines) is 1. The molecule has 3 aromatic rings. The Kier molecular flexibility index (Phi) is 5.22. The molecule has 8 heteroatoms. The Balaban J connectivity index is 1.30. The molecule has 1 N–H and O–H groups in total. The lowest BCUT2D eigenvalue weighted by Gasteiger charge is -2.21. The lowest BCUT2D eigenvalue weighted by molar-refractivity contribution is -0.146. The van der Waals surface area contributed by atoms with E-state index in [2.05, 4.69) is 10.3 Å². The quantitative estimate of drug-likeness (QED) is 0.464. The van der Waals surface area contributed by atoms with Crippen molar-refractivity contribution >= 4 is 44.4 Å². The molecule has 2 unspecified atom stereocenters. The second-order valence-corrected chi connectivity index (χ2v) is 8.96. The Morgan fingerprint density at radius 3 is 2.44 bits per heavy atom. The monoisotopic (exact) mass is 447 g/mol. The summed E-state index contributed by atoms with van der Waals surface area (Å²) in [7, 11) is 0. The number of carbonyl (C=O) groups excluding carboxylic acids is 3. The third-order valence-corrected chi connectivity index (χ3v) is 6.81. The van der Waals surface area contributed by atoms with E-state index < -0.39 is 11.9 Å². The Morgan fingerprint density at radius 2 is 1.75 bits per heavy atom. The normalized spacial score (nSPS) is 21.0. The molecular weight excluding hydrogens is 426 g/mol. The number of benzene rings is 2. The van der Waals surface area contributed by atoms with Crippen LogP contribution in [0, 0.1) is 11.8 Å². The van der Waals surface area contributed by atoms with Crippen molar-refractivity contribution in [1.29, 1.82) is 0 Å². The van der Waals surface area contributed by atoms with Crippen molar-refractivity contribution in [3.05, 3.63) is 60.7 Å². The van der Waals surface area contributed by atoms with Gasteiger partial charge in [-0.25, -0.2) is 4.98 Å². The van der Waals surface area contributed by atoms with Crippen LogP contribution in [0.3, 0.4) is 0 Å². The van der Waals surface area contributed by atoms with E-state index in [1.54, 1.807) is 6.92 Å². The SMILES string of the molecule is C[C@@H](C(=O)Nc1nc2ccc(Oc3ccccc3)cc2s1)N1C(=O)C2CC=CCC2C1=O. The highest BCUT2D eigenvalue weighted by atomic mass is 32.1. The van der Waals surface area contributed by atoms with Crippen molar-refractivity contribution in [1.82, 2.24) is 9.88 Å². The third-order valence-electron chi connectivity index (χ3n) is 5.88. The van der Waals surface area contributed by atoms with Gasteiger partial charge in [-0.05, 0) is 44.0 Å². The van der Waals surface area contributed by atoms with E-state index in [9.17, 15) is 14.4 Å². The van der Waals surface area contributed by atoms with Crippen LogP contribution in [0.5, 0.6) is 11.5 Å². The van der Waals surface area contributed by atoms with Crippen LogP contribution in [0.1, 0.15) is 19.8 Å². The van der Waals surface area contributed by atoms with E-state index in [1.165, 1.54) is 11.3 Å². The zero-order chi connectivity index (χ0) is 22.2. The number of rotatable bonds is 5. The van der Waals surface area contributed by atoms with E-state index in [1.807, 2.05) is 60.7 Å². The number of carbonyl (C=O) groups is 3. The molecule has 1 aliphatic carbocycles. The van der Waals surface area contributed by atoms with Crippen molar-refractivity contribution in [3.8, 4) is 11.5 Å². The number of nitrogens with zero attached hydrogens (tertiary/aromatic N) is 2. The van der Waals surface area contributed by atoms with Crippen molar-refractivity contribution in [3.63, 3.8) is 0 Å². The molecule has 3 amide bonds. The summed E-state index contributed by atoms with van der Waals surface area (Å²) < 4.78 is 6.71. The van der Waals surface area contributed by atoms with E-state index in [4.69, 9.17) is 4.74 Å². The fraction of sp³-hybridized carbons (Fsp3) is 0.250. The molecule has 1 saturated heterocycles. The molecule has 2 aromatic carbocycles. The summed E-state index contributed by atoms with van der Waals surface area (Å²) in [6.45, 7) is 1.58. The first-order valence-corrected chi connectivity index (χ1v) is 11.3. The van der Waals surface area contributed by atoms with Crippen LogP contribution in [-0.2, 0) is 14.4 Å². The molecule has 1 aromatic heterocycles. The third kappa shape index (κ3) is 3.67. The number of aromatic nitrogens is 1. The van der Waals surface area contributed by atoms with Crippen LogP contribution < -0.4 is 10.1 Å². The lowest BCUT2D eigenvalue weighted by atomic mass is 9.85. The first-order chi connectivity index (χ1) is 15.5. The highest BCUT2D eigenvalue weighted by Gasteiger charge is 2.50. The van der Waals surface area contributed by atoms with Crippen LogP contribution in [-0.4, -0.2) is 33.6 Å². The summed E-state index contributed by atoms with van der Waals surface area (Å²) in [6.07, 6.45) is 4.95. The molecule has 162 valence electrons. The van der Waals surface area contributed by atoms with Gasteiger partial charge in [0, 0.05) is 6.07 Å². The number of ether oxygens (including phenoxy) is 1. The van der Waals surface area contributed by atoms with E-state index in [-0.39, 0.29) is 23.7 Å². The Morgan fingerprint density at radius 1 is 1.06 bits per heavy atom. The number of anilines is 1. The van der Waals surface area contributed by atoms with Crippen molar-refractivity contribution in [2.75, 3.05) is 5.32 Å². The zero-order valence-electron chi connectivity index (χ0n) is 17.4. The van der Waals surface area contributed by atoms with E-state index >= 15 is 0 Å². The number of thiazole rings is 1. The summed E-state index contributed by atoms with van der Waals surface area (Å²) in [5.74, 6) is -0.268. The van der Waals surface area contributed by atoms with Crippen LogP contribution in [0.4, 0.5) is 5.13 Å². The van der Waals surface area contributed by atoms with Gasteiger partial charge in [-0.15, -0.1) is 0 Å². The smallest absolute Gasteiger partial charge is 0.249 e. The van der Waals surface area contributed by atoms with Gasteiger partial charge in [-0.2, -0.15) is 0 Å². The zero-order valence-corrected chi connectivity index (χ0v) is 18.2. The minimum Gasteiger partial charge on any atom is -0.457 e. The number of amides is 3. The Labute approximate surface area is 188 Å². The molecular formula is C24H21N3O4S. The topological polar surface area (TPSA) is 88.6 Å². The molecule has 2 heterocycles. The maximum absolute atomic E-state index is 12.9. The largest absolute Gasteiger partial charge is 0.457 e. The maximum atomic E-state index is 12.9. The average molecular weight is 448 g/mol. The highest BCUT2D eigenvalue weighted by molar-refractivity contribution is 7.22. The van der Waals surface area contributed by atoms with Gasteiger partial charge < -0.3 is 10.1 Å². The lowest BCUT2D eigenvalue weighted by Crippen LogP contribution is -2.46. The molecule has 5 rings (SSSR count). The van der Waals surface area contributed by atoms with Crippen molar-refractivity contribution < 1.29 is 19.1 Å². The van der Waals surface area contributed by atoms with Gasteiger partial charge in [0.1, 0.15) is 17.5 Å². The van der Waals surface area contributed by atoms with Crippen LogP contribution >= 0.6 is 11.3 Å². The van der Waals surface area contributed by atoms with Gasteiger partial charge in [0.05, 0.1) is 22.1 Å². The van der Waals surface area contributed by atoms with Gasteiger partial charge in [-0.3, -0.25) is 19.3 Å². The fourth-order valence-corrected chi connectivity index (χ4v) is 5.08. The van der Waals surface area contributed by atoms with Crippen LogP contribution in [0.25, 0.3) is 10.2 Å². The summed E-state index contributed by atoms with van der Waals surface area (Å²) in [5, 5.41) is 3.17. The number of allylic oxidation sites excluding steroid dienone is 2. The van der Waals surface area contributed by atoms with Crippen LogP contribution in [0.2, 0.25) is 0 Å². The predicted octanol–water partition coefficient (Wildman–Crippen LogP) is 4.37. The fourth-order valence-electron chi connectivity index (χ4n) is 4.18. The standard InChI is InChI=1S/C24H21N3O4S/c1-14(27-22(29)17-9-5-6-10-18(17)23(27)30)21(28)26-24-25-19-12-11-16(13-20(19)32-24)31-15-7-3-2-4-8-15/h2-8,11-14,17-18H,9-10H2,1H3,(H,25,26,28)/t14-,17?,18?/m0/s1. The summed E-state index contributed by atoms with van der Waals surface area (Å²) in [5.41, 5.74) is 0.726. The maximum Gasteiger partial charge on any atom is 0.249 e. The van der Waals surface area contributed by atoms with Gasteiger partial charge in [0.15, 0.2) is 5.13 Å². The summed E-state index contributed by atoms with van der Waals surface area (Å²) >= 11 is 1.31. The summed E-state index contributed by atoms with van der Waals surface area (Å²) in [4.78, 5) is 43.9. The minimum absolute atomic E-state index is 0.265. The van der Waals surface area contributed by atoms with Crippen molar-refractivity contribution in [2.45, 2.75) is 25.8 Å². The molecule has 0 bridgehead atoms. The second-order valence-electron chi connectivity index (χ2n) is 7.93. The molecule has 0 radical (unpaired) electrons. The van der Waals surface area contributed by atoms with Gasteiger partial charge in [0.25, 0.3) is 0 Å². The molecule has 7 nitrogen and oxygen atoms in total. The second kappa shape index (κ2) is 8.20. The molecule has 0 saturated carbocycles. The first kappa shape index (κ1) is 20.4. The average Bonchev–Trinajstić information content (AvgIpc) is 3.31. The molecule has 0 spiro atoms. The first-order valence-electron chi connectivity index (χ1n) is 10.5.